The first-order valence-electron chi connectivity index (χ1n) is 6.20. The molecule has 0 radical (unpaired) electrons. The zero-order valence-electron chi connectivity index (χ0n) is 10.5. The molecule has 2 aromatic rings. The Morgan fingerprint density at radius 3 is 3.00 bits per heavy atom. The maximum Gasteiger partial charge on any atom is 0.123 e. The fourth-order valence-electron chi connectivity index (χ4n) is 1.98. The minimum absolute atomic E-state index is 0.0139. The highest BCUT2D eigenvalue weighted by Crippen LogP contribution is 2.14. The average Bonchev–Trinajstić information content (AvgIpc) is 2.84. The Morgan fingerprint density at radius 2 is 2.28 bits per heavy atom. The molecule has 1 aromatic heterocycles. The SMILES string of the molecule is CC[C@@H](N)c1cncn1CCc1cccc(F)c1. The van der Waals surface area contributed by atoms with E-state index < -0.39 is 0 Å². The van der Waals surface area contributed by atoms with Crippen LogP contribution in [0.15, 0.2) is 36.8 Å². The predicted molar refractivity (Wildman–Crippen MR) is 69.6 cm³/mol. The average molecular weight is 247 g/mol. The Kier molecular flexibility index (Phi) is 4.10. The molecule has 0 amide bonds. The van der Waals surface area contributed by atoms with E-state index in [1.54, 1.807) is 24.7 Å². The van der Waals surface area contributed by atoms with Gasteiger partial charge in [0.05, 0.1) is 12.0 Å². The van der Waals surface area contributed by atoms with E-state index >= 15 is 0 Å². The number of nitrogens with two attached hydrogens (primary N) is 1. The zero-order valence-corrected chi connectivity index (χ0v) is 10.5. The molecule has 96 valence electrons. The summed E-state index contributed by atoms with van der Waals surface area (Å²) in [4.78, 5) is 4.13. The van der Waals surface area contributed by atoms with Crippen LogP contribution >= 0.6 is 0 Å². The molecule has 0 aliphatic heterocycles. The molecule has 0 unspecified atom stereocenters. The summed E-state index contributed by atoms with van der Waals surface area (Å²) in [6, 6.07) is 6.70. The number of rotatable bonds is 5. The van der Waals surface area contributed by atoms with E-state index in [0.29, 0.717) is 0 Å². The molecule has 4 heteroatoms. The normalized spacial score (nSPS) is 12.6. The summed E-state index contributed by atoms with van der Waals surface area (Å²) in [5, 5.41) is 0. The number of nitrogens with zero attached hydrogens (tertiary/aromatic N) is 2. The Bertz CT molecular complexity index is 507. The first-order valence-corrected chi connectivity index (χ1v) is 6.20. The molecule has 0 fully saturated rings. The number of benzene rings is 1. The van der Waals surface area contributed by atoms with Crippen LogP contribution in [-0.4, -0.2) is 9.55 Å². The third-order valence-corrected chi connectivity index (χ3v) is 3.09. The third-order valence-electron chi connectivity index (χ3n) is 3.09. The van der Waals surface area contributed by atoms with Gasteiger partial charge in [-0.1, -0.05) is 19.1 Å². The molecule has 2 rings (SSSR count). The molecular weight excluding hydrogens is 229 g/mol. The van der Waals surface area contributed by atoms with Gasteiger partial charge in [-0.05, 0) is 30.5 Å². The molecule has 1 aromatic carbocycles. The van der Waals surface area contributed by atoms with Gasteiger partial charge in [-0.3, -0.25) is 0 Å². The molecule has 0 aliphatic carbocycles. The Morgan fingerprint density at radius 1 is 1.44 bits per heavy atom. The van der Waals surface area contributed by atoms with Crippen molar-refractivity contribution in [1.82, 2.24) is 9.55 Å². The van der Waals surface area contributed by atoms with Gasteiger partial charge in [0.2, 0.25) is 0 Å². The van der Waals surface area contributed by atoms with E-state index in [4.69, 9.17) is 5.73 Å². The summed E-state index contributed by atoms with van der Waals surface area (Å²) in [6.45, 7) is 2.82. The Balaban J connectivity index is 2.04. The quantitative estimate of drug-likeness (QED) is 0.882. The summed E-state index contributed by atoms with van der Waals surface area (Å²) in [6.07, 6.45) is 5.24. The van der Waals surface area contributed by atoms with Crippen LogP contribution in [0.4, 0.5) is 4.39 Å². The Labute approximate surface area is 106 Å². The highest BCUT2D eigenvalue weighted by Gasteiger charge is 2.09. The van der Waals surface area contributed by atoms with E-state index in [-0.39, 0.29) is 11.9 Å². The molecular formula is C14H18FN3. The first kappa shape index (κ1) is 12.8. The topological polar surface area (TPSA) is 43.8 Å². The lowest BCUT2D eigenvalue weighted by Gasteiger charge is -2.12. The summed E-state index contributed by atoms with van der Waals surface area (Å²) in [7, 11) is 0. The number of halogens is 1. The molecule has 1 heterocycles. The highest BCUT2D eigenvalue weighted by atomic mass is 19.1. The summed E-state index contributed by atoms with van der Waals surface area (Å²) in [5.41, 5.74) is 8.03. The number of aromatic nitrogens is 2. The predicted octanol–water partition coefficient (Wildman–Crippen LogP) is 2.67. The number of imidazole rings is 1. The molecule has 1 atom stereocenters. The third kappa shape index (κ3) is 2.96. The van der Waals surface area contributed by atoms with Gasteiger partial charge in [-0.25, -0.2) is 9.37 Å². The van der Waals surface area contributed by atoms with Crippen LogP contribution in [0, 0.1) is 5.82 Å². The minimum atomic E-state index is -0.191. The van der Waals surface area contributed by atoms with E-state index in [1.165, 1.54) is 6.07 Å². The van der Waals surface area contributed by atoms with Gasteiger partial charge in [0.1, 0.15) is 5.82 Å². The monoisotopic (exact) mass is 247 g/mol. The van der Waals surface area contributed by atoms with Gasteiger partial charge in [0.15, 0.2) is 0 Å². The lowest BCUT2D eigenvalue weighted by Crippen LogP contribution is -2.15. The van der Waals surface area contributed by atoms with Crippen molar-refractivity contribution in [3.8, 4) is 0 Å². The summed E-state index contributed by atoms with van der Waals surface area (Å²) in [5.74, 6) is -0.191. The van der Waals surface area contributed by atoms with Crippen LogP contribution < -0.4 is 5.73 Å². The van der Waals surface area contributed by atoms with Crippen molar-refractivity contribution in [3.63, 3.8) is 0 Å². The van der Waals surface area contributed by atoms with E-state index in [0.717, 1.165) is 30.6 Å². The van der Waals surface area contributed by atoms with Crippen LogP contribution in [0.5, 0.6) is 0 Å². The Hall–Kier alpha value is -1.68. The molecule has 18 heavy (non-hydrogen) atoms. The number of aryl methyl sites for hydroxylation is 2. The molecule has 0 aliphatic rings. The van der Waals surface area contributed by atoms with Crippen LogP contribution in [0.2, 0.25) is 0 Å². The lowest BCUT2D eigenvalue weighted by molar-refractivity contribution is 0.585. The molecule has 0 bridgehead atoms. The van der Waals surface area contributed by atoms with Crippen molar-refractivity contribution in [1.29, 1.82) is 0 Å². The number of hydrogen-bond donors (Lipinski definition) is 1. The minimum Gasteiger partial charge on any atom is -0.333 e. The van der Waals surface area contributed by atoms with Crippen LogP contribution in [0.3, 0.4) is 0 Å². The van der Waals surface area contributed by atoms with Crippen molar-refractivity contribution < 1.29 is 4.39 Å². The van der Waals surface area contributed by atoms with Gasteiger partial charge in [0, 0.05) is 18.8 Å². The van der Waals surface area contributed by atoms with Crippen molar-refractivity contribution in [2.75, 3.05) is 0 Å². The zero-order chi connectivity index (χ0) is 13.0. The lowest BCUT2D eigenvalue weighted by atomic mass is 10.1. The van der Waals surface area contributed by atoms with Crippen molar-refractivity contribution in [2.45, 2.75) is 32.4 Å². The first-order chi connectivity index (χ1) is 8.70. The molecule has 3 nitrogen and oxygen atoms in total. The van der Waals surface area contributed by atoms with Gasteiger partial charge in [-0.2, -0.15) is 0 Å². The highest BCUT2D eigenvalue weighted by molar-refractivity contribution is 5.16. The second kappa shape index (κ2) is 5.78. The maximum atomic E-state index is 13.1. The van der Waals surface area contributed by atoms with Crippen molar-refractivity contribution >= 4 is 0 Å². The van der Waals surface area contributed by atoms with Gasteiger partial charge >= 0.3 is 0 Å². The van der Waals surface area contributed by atoms with Gasteiger partial charge in [0.25, 0.3) is 0 Å². The van der Waals surface area contributed by atoms with Gasteiger partial charge < -0.3 is 10.3 Å². The molecule has 0 spiro atoms. The second-order valence-electron chi connectivity index (χ2n) is 4.41. The van der Waals surface area contributed by atoms with Crippen LogP contribution in [0.25, 0.3) is 0 Å². The second-order valence-corrected chi connectivity index (χ2v) is 4.41. The van der Waals surface area contributed by atoms with Crippen molar-refractivity contribution in [3.05, 3.63) is 53.9 Å². The van der Waals surface area contributed by atoms with Crippen LogP contribution in [-0.2, 0) is 13.0 Å². The molecule has 0 saturated heterocycles. The fraction of sp³-hybridized carbons (Fsp3) is 0.357. The van der Waals surface area contributed by atoms with Crippen molar-refractivity contribution in [2.24, 2.45) is 5.73 Å². The molecule has 0 saturated carbocycles. The summed E-state index contributed by atoms with van der Waals surface area (Å²) >= 11 is 0. The smallest absolute Gasteiger partial charge is 0.123 e. The van der Waals surface area contributed by atoms with E-state index in [1.807, 2.05) is 10.6 Å². The van der Waals surface area contributed by atoms with E-state index in [2.05, 4.69) is 11.9 Å². The van der Waals surface area contributed by atoms with Crippen LogP contribution in [0.1, 0.15) is 30.6 Å². The van der Waals surface area contributed by atoms with E-state index in [9.17, 15) is 4.39 Å². The van der Waals surface area contributed by atoms with Gasteiger partial charge in [-0.15, -0.1) is 0 Å². The number of hydrogen-bond acceptors (Lipinski definition) is 2. The molecule has 2 N–H and O–H groups in total. The maximum absolute atomic E-state index is 13.1. The standard InChI is InChI=1S/C14H18FN3/c1-2-13(16)14-9-17-10-18(14)7-6-11-4-3-5-12(15)8-11/h3-5,8-10,13H,2,6-7,16H2,1H3/t13-/m1/s1. The summed E-state index contributed by atoms with van der Waals surface area (Å²) < 4.78 is 15.1. The largest absolute Gasteiger partial charge is 0.333 e. The fourth-order valence-corrected chi connectivity index (χ4v) is 1.98.